The third kappa shape index (κ3) is 6.82. The van der Waals surface area contributed by atoms with Gasteiger partial charge in [-0.1, -0.05) is 67.2 Å². The van der Waals surface area contributed by atoms with Crippen molar-refractivity contribution in [2.24, 2.45) is 0 Å². The standard InChI is InChI=1S/C42H48N10O6S2/c1-41(2,3)35-31(39-43-37(47-51(39)45-35)23-15-19-25(20-16-23)49-59(55,56)27-11-7-8-12-27)29-33(53)30(34(29)54)32-36(42(4,5)6)46-52-40(32)44-38(48-52)24-17-21-26(22-18-24)50-60(57,58)28-13-9-10-14-28/h15-22,27-28,45,49-50,53H,7-14H2,1-6H3/b32-30+. The number of carbonyl (C=O) groups excluding carboxylic acids is 1. The fraction of sp³-hybridized carbons (Fsp3) is 0.429. The SMILES string of the molecule is CC(C)(C)c1[nH]n2nc(-c3ccc(NS(=O)(=O)C4CCCC4)cc3)nc2c1C1=C(O)/C(=c2/c(C(C)(C)C)nn3nc(-c4ccc(NS(=O)(=O)C5CCCC5)cc4)nc23)C1=O. The lowest BCUT2D eigenvalue weighted by molar-refractivity contribution is -0.109. The number of benzene rings is 2. The maximum absolute atomic E-state index is 14.5. The van der Waals surface area contributed by atoms with Crippen LogP contribution in [-0.2, 0) is 35.7 Å². The molecule has 9 rings (SSSR count). The Balaban J connectivity index is 1.08. The van der Waals surface area contributed by atoms with Gasteiger partial charge in [0.25, 0.3) is 0 Å². The fourth-order valence-electron chi connectivity index (χ4n) is 8.52. The van der Waals surface area contributed by atoms with E-state index in [0.29, 0.717) is 93.3 Å². The molecule has 0 bridgehead atoms. The number of hydrogen-bond donors (Lipinski definition) is 4. The zero-order valence-corrected chi connectivity index (χ0v) is 36.0. The number of nitrogens with one attached hydrogen (secondary N) is 3. The summed E-state index contributed by atoms with van der Waals surface area (Å²) < 4.78 is 59.8. The second-order valence-electron chi connectivity index (χ2n) is 18.2. The molecule has 3 aliphatic carbocycles. The van der Waals surface area contributed by atoms with Crippen molar-refractivity contribution in [2.45, 2.75) is 114 Å². The van der Waals surface area contributed by atoms with Crippen molar-refractivity contribution >= 4 is 59.6 Å². The zero-order valence-electron chi connectivity index (χ0n) is 34.4. The minimum Gasteiger partial charge on any atom is -0.506 e. The molecule has 2 aromatic carbocycles. The minimum atomic E-state index is -3.50. The van der Waals surface area contributed by atoms with Crippen LogP contribution in [0.4, 0.5) is 11.4 Å². The molecule has 0 amide bonds. The van der Waals surface area contributed by atoms with E-state index >= 15 is 0 Å². The molecule has 0 saturated heterocycles. The van der Waals surface area contributed by atoms with E-state index in [4.69, 9.17) is 15.1 Å². The number of anilines is 2. The highest BCUT2D eigenvalue weighted by atomic mass is 32.2. The number of fused-ring (bicyclic) bond motifs is 2. The summed E-state index contributed by atoms with van der Waals surface area (Å²) in [6.07, 6.45) is 6.25. The Morgan fingerprint density at radius 1 is 0.667 bits per heavy atom. The van der Waals surface area contributed by atoms with E-state index in [2.05, 4.69) is 24.7 Å². The van der Waals surface area contributed by atoms with Crippen LogP contribution in [0.5, 0.6) is 0 Å². The van der Waals surface area contributed by atoms with Crippen molar-refractivity contribution in [2.75, 3.05) is 9.44 Å². The van der Waals surface area contributed by atoms with Gasteiger partial charge in [0.1, 0.15) is 5.76 Å². The lowest BCUT2D eigenvalue weighted by Gasteiger charge is -2.25. The van der Waals surface area contributed by atoms with E-state index in [1.54, 1.807) is 48.5 Å². The van der Waals surface area contributed by atoms with Gasteiger partial charge in [0.05, 0.1) is 43.8 Å². The number of hydrogen-bond acceptors (Lipinski definition) is 11. The molecule has 0 radical (unpaired) electrons. The largest absolute Gasteiger partial charge is 0.506 e. The molecule has 4 N–H and O–H groups in total. The predicted octanol–water partition coefficient (Wildman–Crippen LogP) is 6.21. The van der Waals surface area contributed by atoms with Gasteiger partial charge in [0.15, 0.2) is 22.9 Å². The lowest BCUT2D eigenvalue weighted by Crippen LogP contribution is -2.32. The molecule has 16 nitrogen and oxygen atoms in total. The Bertz CT molecular complexity index is 3010. The quantitative estimate of drug-likeness (QED) is 0.128. The summed E-state index contributed by atoms with van der Waals surface area (Å²) >= 11 is 0. The molecular formula is C42H48N10O6S2. The number of aliphatic hydroxyl groups excluding tert-OH is 1. The van der Waals surface area contributed by atoms with Crippen LogP contribution in [0, 0.1) is 0 Å². The van der Waals surface area contributed by atoms with Gasteiger partial charge in [-0.05, 0) is 74.2 Å². The highest BCUT2D eigenvalue weighted by molar-refractivity contribution is 7.93. The first-order valence-electron chi connectivity index (χ1n) is 20.3. The molecule has 2 fully saturated rings. The number of H-pyrrole nitrogens is 1. The van der Waals surface area contributed by atoms with Gasteiger partial charge >= 0.3 is 0 Å². The van der Waals surface area contributed by atoms with Gasteiger partial charge in [-0.25, -0.2) is 26.8 Å². The lowest BCUT2D eigenvalue weighted by atomic mass is 9.77. The molecule has 0 aliphatic heterocycles. The number of aromatic nitrogens is 8. The molecule has 6 aromatic rings. The summed E-state index contributed by atoms with van der Waals surface area (Å²) in [5.74, 6) is 0.0283. The van der Waals surface area contributed by atoms with Crippen LogP contribution in [0.1, 0.15) is 110 Å². The van der Waals surface area contributed by atoms with E-state index in [0.717, 1.165) is 25.7 Å². The van der Waals surface area contributed by atoms with Crippen molar-refractivity contribution in [1.82, 2.24) is 39.6 Å². The number of allylic oxidation sites excluding steroid dienone is 2. The molecule has 0 spiro atoms. The van der Waals surface area contributed by atoms with Crippen molar-refractivity contribution < 1.29 is 26.7 Å². The Labute approximate surface area is 347 Å². The molecule has 18 heteroatoms. The normalized spacial score (nSPS) is 18.3. The number of carbonyl (C=O) groups is 1. The van der Waals surface area contributed by atoms with Crippen molar-refractivity contribution in [3.8, 4) is 22.8 Å². The number of aromatic amines is 1. The average molecular weight is 853 g/mol. The Hall–Kier alpha value is -5.62. The molecule has 0 unspecified atom stereocenters. The molecule has 4 heterocycles. The van der Waals surface area contributed by atoms with E-state index < -0.39 is 41.9 Å². The summed E-state index contributed by atoms with van der Waals surface area (Å²) in [5, 5.41) is 29.0. The van der Waals surface area contributed by atoms with Crippen LogP contribution in [0.25, 0.3) is 45.2 Å². The Morgan fingerprint density at radius 2 is 1.15 bits per heavy atom. The van der Waals surface area contributed by atoms with Gasteiger partial charge in [-0.2, -0.15) is 9.73 Å². The van der Waals surface area contributed by atoms with Gasteiger partial charge in [-0.3, -0.25) is 19.3 Å². The molecule has 4 aromatic heterocycles. The molecule has 2 saturated carbocycles. The van der Waals surface area contributed by atoms with Crippen LogP contribution >= 0.6 is 0 Å². The Morgan fingerprint density at radius 3 is 1.62 bits per heavy atom. The van der Waals surface area contributed by atoms with Crippen LogP contribution in [0.2, 0.25) is 0 Å². The number of ketones is 1. The Kier molecular flexibility index (Phi) is 9.27. The van der Waals surface area contributed by atoms with Crippen LogP contribution < -0.4 is 14.7 Å². The summed E-state index contributed by atoms with van der Waals surface area (Å²) in [7, 11) is -6.99. The monoisotopic (exact) mass is 852 g/mol. The fourth-order valence-corrected chi connectivity index (χ4v) is 11.7. The molecule has 60 heavy (non-hydrogen) atoms. The van der Waals surface area contributed by atoms with Gasteiger partial charge in [-0.15, -0.1) is 14.8 Å². The maximum Gasteiger partial charge on any atom is 0.235 e. The zero-order chi connectivity index (χ0) is 42.5. The van der Waals surface area contributed by atoms with E-state index in [9.17, 15) is 26.7 Å². The second-order valence-corrected chi connectivity index (χ2v) is 22.1. The van der Waals surface area contributed by atoms with Crippen molar-refractivity contribution in [3.05, 3.63) is 76.5 Å². The summed E-state index contributed by atoms with van der Waals surface area (Å²) in [6.45, 7) is 11.8. The van der Waals surface area contributed by atoms with E-state index in [1.165, 1.54) is 9.26 Å². The summed E-state index contributed by atoms with van der Waals surface area (Å²) in [5.41, 5.74) is 3.47. The van der Waals surface area contributed by atoms with Gasteiger partial charge in [0, 0.05) is 33.3 Å². The number of sulfonamides is 2. The third-order valence-electron chi connectivity index (χ3n) is 11.7. The molecule has 0 atom stereocenters. The topological polar surface area (TPSA) is 219 Å². The van der Waals surface area contributed by atoms with E-state index in [1.807, 2.05) is 41.5 Å². The van der Waals surface area contributed by atoms with E-state index in [-0.39, 0.29) is 22.2 Å². The summed E-state index contributed by atoms with van der Waals surface area (Å²) in [4.78, 5) is 24.2. The van der Waals surface area contributed by atoms with Crippen molar-refractivity contribution in [1.29, 1.82) is 0 Å². The third-order valence-corrected chi connectivity index (χ3v) is 15.5. The summed E-state index contributed by atoms with van der Waals surface area (Å²) in [6, 6.07) is 13.6. The predicted molar refractivity (Wildman–Crippen MR) is 229 cm³/mol. The van der Waals surface area contributed by atoms with Crippen LogP contribution in [0.15, 0.2) is 54.3 Å². The smallest absolute Gasteiger partial charge is 0.235 e. The number of rotatable bonds is 9. The molecule has 3 aliphatic rings. The number of nitrogens with zero attached hydrogens (tertiary/aromatic N) is 7. The minimum absolute atomic E-state index is 0.0719. The second kappa shape index (κ2) is 14.0. The van der Waals surface area contributed by atoms with Crippen LogP contribution in [0.3, 0.4) is 0 Å². The first kappa shape index (κ1) is 39.8. The first-order valence-corrected chi connectivity index (χ1v) is 23.4. The van der Waals surface area contributed by atoms with Crippen molar-refractivity contribution in [3.63, 3.8) is 0 Å². The molecular weight excluding hydrogens is 805 g/mol. The van der Waals surface area contributed by atoms with Crippen LogP contribution in [-0.4, -0.2) is 77.8 Å². The molecule has 314 valence electrons. The average Bonchev–Trinajstić information content (AvgIpc) is 4.02. The first-order chi connectivity index (χ1) is 28.3. The maximum atomic E-state index is 14.5. The highest BCUT2D eigenvalue weighted by Crippen LogP contribution is 2.43. The van der Waals surface area contributed by atoms with Gasteiger partial charge in [0.2, 0.25) is 25.8 Å². The highest BCUT2D eigenvalue weighted by Gasteiger charge is 2.43. The van der Waals surface area contributed by atoms with Gasteiger partial charge < -0.3 is 5.11 Å². The number of Topliss-reactive ketones (excluding diaryl/α,β-unsaturated/α-hetero) is 1. The number of aliphatic hydroxyl groups is 1.